The molecule has 1 rings (SSSR count). The molecule has 0 aromatic heterocycles. The summed E-state index contributed by atoms with van der Waals surface area (Å²) in [7, 11) is 0. The first-order chi connectivity index (χ1) is 7.90. The van der Waals surface area contributed by atoms with Crippen molar-refractivity contribution in [1.29, 1.82) is 0 Å². The van der Waals surface area contributed by atoms with Crippen LogP contribution in [0.2, 0.25) is 0 Å². The molecule has 0 spiro atoms. The maximum Gasteiger partial charge on any atom is 0.216 e. The number of nitrogens with zero attached hydrogens (tertiary/aromatic N) is 1. The maximum absolute atomic E-state index is 10.9. The van der Waals surface area contributed by atoms with Crippen LogP contribution in [0.5, 0.6) is 0 Å². The summed E-state index contributed by atoms with van der Waals surface area (Å²) < 4.78 is 0. The zero-order valence-electron chi connectivity index (χ0n) is 10.5. The fourth-order valence-electron chi connectivity index (χ4n) is 2.50. The second-order valence-corrected chi connectivity index (χ2v) is 4.78. The molecule has 4 atom stereocenters. The minimum Gasteiger partial charge on any atom is -0.395 e. The van der Waals surface area contributed by atoms with Crippen molar-refractivity contribution in [2.45, 2.75) is 51.1 Å². The van der Waals surface area contributed by atoms with Gasteiger partial charge in [0.1, 0.15) is 0 Å². The van der Waals surface area contributed by atoms with Crippen LogP contribution in [0.1, 0.15) is 20.8 Å². The van der Waals surface area contributed by atoms with E-state index < -0.39 is 18.2 Å². The van der Waals surface area contributed by atoms with Crippen molar-refractivity contribution in [2.75, 3.05) is 13.2 Å². The smallest absolute Gasteiger partial charge is 0.216 e. The molecule has 0 saturated carbocycles. The lowest BCUT2D eigenvalue weighted by Crippen LogP contribution is -2.50. The number of rotatable bonds is 4. The molecule has 6 heteroatoms. The minimum absolute atomic E-state index is 0.0673. The third kappa shape index (κ3) is 2.95. The summed E-state index contributed by atoms with van der Waals surface area (Å²) in [4.78, 5) is 12.7. The molecule has 4 N–H and O–H groups in total. The van der Waals surface area contributed by atoms with Crippen molar-refractivity contribution in [3.8, 4) is 0 Å². The number of aliphatic hydroxyl groups is 3. The third-order valence-electron chi connectivity index (χ3n) is 3.25. The summed E-state index contributed by atoms with van der Waals surface area (Å²) in [5.41, 5.74) is 0. The molecule has 1 aliphatic rings. The first-order valence-electron chi connectivity index (χ1n) is 5.89. The highest BCUT2D eigenvalue weighted by molar-refractivity contribution is 5.72. The highest BCUT2D eigenvalue weighted by Gasteiger charge is 2.47. The van der Waals surface area contributed by atoms with Gasteiger partial charge in [-0.1, -0.05) is 0 Å². The summed E-state index contributed by atoms with van der Waals surface area (Å²) in [6, 6.07) is -0.785. The summed E-state index contributed by atoms with van der Waals surface area (Å²) in [5, 5.41) is 31.7. The first-order valence-corrected chi connectivity index (χ1v) is 5.89. The van der Waals surface area contributed by atoms with E-state index in [1.54, 1.807) is 0 Å². The average molecular weight is 246 g/mol. The number of aliphatic hydroxyl groups excluding tert-OH is 3. The zero-order chi connectivity index (χ0) is 13.2. The predicted molar refractivity (Wildman–Crippen MR) is 62.3 cm³/mol. The lowest BCUT2D eigenvalue weighted by atomic mass is 10.1. The van der Waals surface area contributed by atoms with Crippen LogP contribution in [-0.2, 0) is 4.79 Å². The monoisotopic (exact) mass is 246 g/mol. The van der Waals surface area contributed by atoms with Gasteiger partial charge in [0.05, 0.1) is 30.9 Å². The van der Waals surface area contributed by atoms with Crippen LogP contribution in [0, 0.1) is 0 Å². The molecule has 1 fully saturated rings. The topological polar surface area (TPSA) is 93.0 Å². The van der Waals surface area contributed by atoms with Crippen molar-refractivity contribution in [1.82, 2.24) is 10.2 Å². The molecular weight excluding hydrogens is 224 g/mol. The Bertz CT molecular complexity index is 272. The molecule has 0 aromatic rings. The van der Waals surface area contributed by atoms with Gasteiger partial charge in [0.2, 0.25) is 5.91 Å². The standard InChI is InChI=1S/C11H22N2O4/c1-6(2)13-8(4-12-7(3)15)10(16)11(17)9(13)5-14/h6,8-11,14,16-17H,4-5H2,1-3H3,(H,12,15). The van der Waals surface area contributed by atoms with Gasteiger partial charge in [-0.25, -0.2) is 0 Å². The summed E-state index contributed by atoms with van der Waals surface area (Å²) in [6.45, 7) is 5.30. The van der Waals surface area contributed by atoms with Crippen molar-refractivity contribution in [3.63, 3.8) is 0 Å². The number of carbonyl (C=O) groups excluding carboxylic acids is 1. The number of nitrogens with one attached hydrogen (secondary N) is 1. The Morgan fingerprint density at radius 3 is 2.24 bits per heavy atom. The number of likely N-dealkylation sites (tertiary alicyclic amines) is 1. The van der Waals surface area contributed by atoms with Crippen molar-refractivity contribution < 1.29 is 20.1 Å². The Morgan fingerprint density at radius 1 is 1.29 bits per heavy atom. The average Bonchev–Trinajstić information content (AvgIpc) is 2.49. The van der Waals surface area contributed by atoms with Crippen molar-refractivity contribution >= 4 is 5.91 Å². The molecule has 0 aliphatic carbocycles. The quantitative estimate of drug-likeness (QED) is 0.474. The fraction of sp³-hybridized carbons (Fsp3) is 0.909. The number of hydrogen-bond acceptors (Lipinski definition) is 5. The lowest BCUT2D eigenvalue weighted by molar-refractivity contribution is -0.119. The van der Waals surface area contributed by atoms with E-state index in [9.17, 15) is 20.1 Å². The first kappa shape index (κ1) is 14.4. The molecule has 1 heterocycles. The van der Waals surface area contributed by atoms with E-state index in [0.29, 0.717) is 0 Å². The normalized spacial score (nSPS) is 34.3. The summed E-state index contributed by atoms with van der Waals surface area (Å²) in [6.07, 6.45) is -1.94. The number of amides is 1. The van der Waals surface area contributed by atoms with Gasteiger partial charge in [-0.3, -0.25) is 9.69 Å². The second-order valence-electron chi connectivity index (χ2n) is 4.78. The Kier molecular flexibility index (Phi) is 4.88. The van der Waals surface area contributed by atoms with Gasteiger partial charge in [0.25, 0.3) is 0 Å². The lowest BCUT2D eigenvalue weighted by Gasteiger charge is -2.33. The van der Waals surface area contributed by atoms with Crippen LogP contribution in [0.3, 0.4) is 0 Å². The molecule has 1 aliphatic heterocycles. The van der Waals surface area contributed by atoms with Crippen molar-refractivity contribution in [2.24, 2.45) is 0 Å². The Hall–Kier alpha value is -0.690. The van der Waals surface area contributed by atoms with Crippen LogP contribution < -0.4 is 5.32 Å². The minimum atomic E-state index is -0.985. The fourth-order valence-corrected chi connectivity index (χ4v) is 2.50. The third-order valence-corrected chi connectivity index (χ3v) is 3.25. The van der Waals surface area contributed by atoms with Gasteiger partial charge < -0.3 is 20.6 Å². The van der Waals surface area contributed by atoms with Crippen LogP contribution in [0.4, 0.5) is 0 Å². The molecule has 0 aromatic carbocycles. The summed E-state index contributed by atoms with van der Waals surface area (Å²) >= 11 is 0. The van der Waals surface area contributed by atoms with Gasteiger partial charge in [-0.05, 0) is 13.8 Å². The zero-order valence-corrected chi connectivity index (χ0v) is 10.5. The molecule has 100 valence electrons. The highest BCUT2D eigenvalue weighted by Crippen LogP contribution is 2.27. The number of hydrogen-bond donors (Lipinski definition) is 4. The number of carbonyl (C=O) groups is 1. The van der Waals surface area contributed by atoms with E-state index in [-0.39, 0.29) is 31.1 Å². The SMILES string of the molecule is CC(=O)NCC1C(O)C(O)C(CO)N1C(C)C. The van der Waals surface area contributed by atoms with Gasteiger partial charge in [-0.15, -0.1) is 0 Å². The highest BCUT2D eigenvalue weighted by atomic mass is 16.3. The van der Waals surface area contributed by atoms with E-state index in [0.717, 1.165) is 0 Å². The molecule has 6 nitrogen and oxygen atoms in total. The Balaban J connectivity index is 2.80. The van der Waals surface area contributed by atoms with Crippen LogP contribution in [0.25, 0.3) is 0 Å². The predicted octanol–water partition coefficient (Wildman–Crippen LogP) is -1.70. The van der Waals surface area contributed by atoms with Gasteiger partial charge >= 0.3 is 0 Å². The van der Waals surface area contributed by atoms with Crippen LogP contribution >= 0.6 is 0 Å². The molecule has 4 unspecified atom stereocenters. The van der Waals surface area contributed by atoms with Crippen molar-refractivity contribution in [3.05, 3.63) is 0 Å². The van der Waals surface area contributed by atoms with E-state index in [4.69, 9.17) is 0 Å². The second kappa shape index (κ2) is 5.77. The Morgan fingerprint density at radius 2 is 1.82 bits per heavy atom. The molecule has 1 saturated heterocycles. The largest absolute Gasteiger partial charge is 0.395 e. The van der Waals surface area contributed by atoms with E-state index in [2.05, 4.69) is 5.32 Å². The van der Waals surface area contributed by atoms with E-state index in [1.807, 2.05) is 18.7 Å². The van der Waals surface area contributed by atoms with E-state index >= 15 is 0 Å². The van der Waals surface area contributed by atoms with Gasteiger partial charge in [0.15, 0.2) is 0 Å². The molecule has 0 radical (unpaired) electrons. The van der Waals surface area contributed by atoms with Gasteiger partial charge in [0, 0.05) is 19.5 Å². The maximum atomic E-state index is 10.9. The van der Waals surface area contributed by atoms with Crippen LogP contribution in [-0.4, -0.2) is 69.6 Å². The summed E-state index contributed by atoms with van der Waals surface area (Å²) in [5.74, 6) is -0.178. The Labute approximate surface area is 101 Å². The molecule has 17 heavy (non-hydrogen) atoms. The van der Waals surface area contributed by atoms with E-state index in [1.165, 1.54) is 6.92 Å². The van der Waals surface area contributed by atoms with Gasteiger partial charge in [-0.2, -0.15) is 0 Å². The molecule has 1 amide bonds. The molecule has 0 bridgehead atoms. The van der Waals surface area contributed by atoms with Crippen LogP contribution in [0.15, 0.2) is 0 Å². The molecular formula is C11H22N2O4.